The molecule has 0 radical (unpaired) electrons. The topological polar surface area (TPSA) is 41.1 Å². The number of rotatable bonds is 2. The van der Waals surface area contributed by atoms with Crippen molar-refractivity contribution in [2.45, 2.75) is 0 Å². The van der Waals surface area contributed by atoms with Crippen molar-refractivity contribution in [2.24, 2.45) is 0 Å². The summed E-state index contributed by atoms with van der Waals surface area (Å²) in [4.78, 5) is 12.0. The number of benzene rings is 2. The molecule has 0 unspecified atom stereocenters. The molecule has 0 saturated heterocycles. The number of halogens is 4. The molecule has 8 heteroatoms. The third kappa shape index (κ3) is 4.39. The number of thiocarbonyl (C=S) groups is 1. The summed E-state index contributed by atoms with van der Waals surface area (Å²) in [6.45, 7) is 0. The molecule has 0 atom stereocenters. The first kappa shape index (κ1) is 17.1. The lowest BCUT2D eigenvalue weighted by atomic mass is 10.2. The summed E-state index contributed by atoms with van der Waals surface area (Å²) in [7, 11) is 0. The van der Waals surface area contributed by atoms with E-state index in [1.807, 2.05) is 0 Å². The second kappa shape index (κ2) is 7.37. The Morgan fingerprint density at radius 1 is 1.18 bits per heavy atom. The number of carbonyl (C=O) groups excluding carboxylic acids is 1. The molecule has 3 nitrogen and oxygen atoms in total. The van der Waals surface area contributed by atoms with Crippen LogP contribution in [-0.2, 0) is 0 Å². The molecule has 2 rings (SSSR count). The number of hydrogen-bond acceptors (Lipinski definition) is 2. The Bertz CT molecular complexity index is 758. The second-order valence-corrected chi connectivity index (χ2v) is 6.32. The van der Waals surface area contributed by atoms with Gasteiger partial charge in [0, 0.05) is 9.50 Å². The van der Waals surface area contributed by atoms with Gasteiger partial charge in [-0.2, -0.15) is 0 Å². The third-order valence-electron chi connectivity index (χ3n) is 2.58. The summed E-state index contributed by atoms with van der Waals surface area (Å²) in [5.41, 5.74) is 0.363. The highest BCUT2D eigenvalue weighted by atomic mass is 79.9. The van der Waals surface area contributed by atoms with Crippen molar-refractivity contribution >= 4 is 68.1 Å². The van der Waals surface area contributed by atoms with Gasteiger partial charge in [0.15, 0.2) is 5.11 Å². The minimum Gasteiger partial charge on any atom is -0.330 e. The van der Waals surface area contributed by atoms with E-state index in [1.54, 1.807) is 6.07 Å². The fourth-order valence-corrected chi connectivity index (χ4v) is 2.62. The molecule has 0 spiro atoms. The minimum atomic E-state index is -0.517. The second-order valence-electron chi connectivity index (χ2n) is 4.16. The fourth-order valence-electron chi connectivity index (χ4n) is 1.59. The number of carbonyl (C=O) groups is 1. The molecule has 1 amide bonds. The van der Waals surface area contributed by atoms with Crippen LogP contribution in [0.25, 0.3) is 0 Å². The Balaban J connectivity index is 2.06. The summed E-state index contributed by atoms with van der Waals surface area (Å²) in [5.74, 6) is -1.02. The van der Waals surface area contributed by atoms with Crippen LogP contribution in [0.1, 0.15) is 10.4 Å². The number of anilines is 1. The van der Waals surface area contributed by atoms with Crippen LogP contribution in [0.5, 0.6) is 0 Å². The first-order chi connectivity index (χ1) is 10.4. The molecular weight excluding hydrogens is 414 g/mol. The Kier molecular flexibility index (Phi) is 5.74. The normalized spacial score (nSPS) is 10.2. The summed E-state index contributed by atoms with van der Waals surface area (Å²) in [6, 6.07) is 8.88. The standard InChI is InChI=1S/C14H8BrCl2FN2OS/c15-7-1-4-12(11(18)5-7)19-14(22)20-13(21)9-3-2-8(16)6-10(9)17/h1-6H,(H2,19,20,21,22). The van der Waals surface area contributed by atoms with Crippen molar-refractivity contribution < 1.29 is 9.18 Å². The quantitative estimate of drug-likeness (QED) is 0.668. The van der Waals surface area contributed by atoms with Gasteiger partial charge in [0.25, 0.3) is 5.91 Å². The zero-order valence-electron chi connectivity index (χ0n) is 10.8. The van der Waals surface area contributed by atoms with E-state index >= 15 is 0 Å². The molecule has 2 aromatic rings. The van der Waals surface area contributed by atoms with Crippen LogP contribution in [0.3, 0.4) is 0 Å². The predicted molar refractivity (Wildman–Crippen MR) is 94.2 cm³/mol. The van der Waals surface area contributed by atoms with Crippen LogP contribution in [0.2, 0.25) is 10.0 Å². The van der Waals surface area contributed by atoms with E-state index in [9.17, 15) is 9.18 Å². The SMILES string of the molecule is O=C(NC(=S)Nc1ccc(Br)cc1F)c1ccc(Cl)cc1Cl. The van der Waals surface area contributed by atoms with Gasteiger partial charge in [0.2, 0.25) is 0 Å². The third-order valence-corrected chi connectivity index (χ3v) is 3.83. The zero-order valence-corrected chi connectivity index (χ0v) is 14.7. The van der Waals surface area contributed by atoms with E-state index < -0.39 is 11.7 Å². The first-order valence-electron chi connectivity index (χ1n) is 5.89. The average Bonchev–Trinajstić information content (AvgIpc) is 2.41. The lowest BCUT2D eigenvalue weighted by Gasteiger charge is -2.11. The van der Waals surface area contributed by atoms with Crippen LogP contribution in [-0.4, -0.2) is 11.0 Å². The summed E-state index contributed by atoms with van der Waals surface area (Å²) >= 11 is 19.8. The summed E-state index contributed by atoms with van der Waals surface area (Å²) in [6.07, 6.45) is 0. The largest absolute Gasteiger partial charge is 0.330 e. The van der Waals surface area contributed by atoms with Crippen molar-refractivity contribution in [3.63, 3.8) is 0 Å². The lowest BCUT2D eigenvalue weighted by molar-refractivity contribution is 0.0978. The molecule has 0 aliphatic rings. The van der Waals surface area contributed by atoms with Gasteiger partial charge in [-0.15, -0.1) is 0 Å². The van der Waals surface area contributed by atoms with Crippen molar-refractivity contribution in [1.29, 1.82) is 0 Å². The summed E-state index contributed by atoms with van der Waals surface area (Å²) < 4.78 is 14.3. The van der Waals surface area contributed by atoms with Gasteiger partial charge in [-0.1, -0.05) is 39.1 Å². The van der Waals surface area contributed by atoms with Crippen molar-refractivity contribution in [1.82, 2.24) is 5.32 Å². The minimum absolute atomic E-state index is 0.0442. The van der Waals surface area contributed by atoms with E-state index in [4.69, 9.17) is 35.4 Å². The molecule has 22 heavy (non-hydrogen) atoms. The lowest BCUT2D eigenvalue weighted by Crippen LogP contribution is -2.34. The van der Waals surface area contributed by atoms with Gasteiger partial charge in [0.1, 0.15) is 5.82 Å². The van der Waals surface area contributed by atoms with Gasteiger partial charge >= 0.3 is 0 Å². The predicted octanol–water partition coefficient (Wildman–Crippen LogP) is 5.02. The van der Waals surface area contributed by atoms with Crippen LogP contribution in [0, 0.1) is 5.82 Å². The van der Waals surface area contributed by atoms with Crippen LogP contribution in [0.4, 0.5) is 10.1 Å². The smallest absolute Gasteiger partial charge is 0.258 e. The molecule has 0 fully saturated rings. The van der Waals surface area contributed by atoms with Crippen LogP contribution in [0.15, 0.2) is 40.9 Å². The molecule has 2 aromatic carbocycles. The molecule has 0 bridgehead atoms. The van der Waals surface area contributed by atoms with E-state index in [0.29, 0.717) is 9.50 Å². The highest BCUT2D eigenvalue weighted by molar-refractivity contribution is 9.10. The van der Waals surface area contributed by atoms with Crippen molar-refractivity contribution in [3.05, 3.63) is 62.3 Å². The van der Waals surface area contributed by atoms with Gasteiger partial charge in [0.05, 0.1) is 16.3 Å². The Morgan fingerprint density at radius 2 is 1.91 bits per heavy atom. The average molecular weight is 422 g/mol. The molecule has 114 valence electrons. The van der Waals surface area contributed by atoms with E-state index in [1.165, 1.54) is 30.3 Å². The van der Waals surface area contributed by atoms with Crippen LogP contribution >= 0.6 is 51.3 Å². The Hall–Kier alpha value is -1.21. The maximum atomic E-state index is 13.7. The van der Waals surface area contributed by atoms with E-state index in [-0.39, 0.29) is 21.4 Å². The Labute approximate surface area is 149 Å². The van der Waals surface area contributed by atoms with Gasteiger partial charge in [-0.05, 0) is 48.6 Å². The van der Waals surface area contributed by atoms with E-state index in [2.05, 4.69) is 26.6 Å². The number of hydrogen-bond donors (Lipinski definition) is 2. The summed E-state index contributed by atoms with van der Waals surface area (Å²) in [5, 5.41) is 5.59. The number of nitrogens with one attached hydrogen (secondary N) is 2. The van der Waals surface area contributed by atoms with Gasteiger partial charge < -0.3 is 5.32 Å². The monoisotopic (exact) mass is 420 g/mol. The molecule has 0 heterocycles. The molecular formula is C14H8BrCl2FN2OS. The van der Waals surface area contributed by atoms with E-state index in [0.717, 1.165) is 0 Å². The van der Waals surface area contributed by atoms with Crippen LogP contribution < -0.4 is 10.6 Å². The molecule has 2 N–H and O–H groups in total. The zero-order chi connectivity index (χ0) is 16.3. The molecule has 0 aliphatic carbocycles. The maximum Gasteiger partial charge on any atom is 0.258 e. The van der Waals surface area contributed by atoms with Gasteiger partial charge in [-0.3, -0.25) is 10.1 Å². The fraction of sp³-hybridized carbons (Fsp3) is 0. The molecule has 0 aliphatic heterocycles. The molecule has 0 saturated carbocycles. The number of amides is 1. The van der Waals surface area contributed by atoms with Crippen molar-refractivity contribution in [3.8, 4) is 0 Å². The van der Waals surface area contributed by atoms with Crippen molar-refractivity contribution in [2.75, 3.05) is 5.32 Å². The molecule has 0 aromatic heterocycles. The maximum absolute atomic E-state index is 13.7. The highest BCUT2D eigenvalue weighted by Crippen LogP contribution is 2.21. The first-order valence-corrected chi connectivity index (χ1v) is 7.85. The van der Waals surface area contributed by atoms with Gasteiger partial charge in [-0.25, -0.2) is 4.39 Å². The Morgan fingerprint density at radius 3 is 2.55 bits per heavy atom. The highest BCUT2D eigenvalue weighted by Gasteiger charge is 2.13.